The van der Waals surface area contributed by atoms with Crippen LogP contribution >= 0.6 is 0 Å². The fourth-order valence-corrected chi connectivity index (χ4v) is 2.40. The van der Waals surface area contributed by atoms with E-state index in [1.807, 2.05) is 54.6 Å². The highest BCUT2D eigenvalue weighted by Gasteiger charge is 2.06. The van der Waals surface area contributed by atoms with E-state index in [9.17, 15) is 4.79 Å². The zero-order chi connectivity index (χ0) is 16.6. The molecule has 0 aliphatic rings. The Labute approximate surface area is 140 Å². The van der Waals surface area contributed by atoms with Crippen LogP contribution in [-0.2, 0) is 11.3 Å². The maximum atomic E-state index is 11.8. The van der Waals surface area contributed by atoms with Crippen molar-refractivity contribution in [2.75, 3.05) is 13.2 Å². The molecular formula is C19H19N3O2. The molecule has 0 atom stereocenters. The predicted molar refractivity (Wildman–Crippen MR) is 92.6 cm³/mol. The molecule has 2 aromatic carbocycles. The van der Waals surface area contributed by atoms with Crippen LogP contribution < -0.4 is 10.1 Å². The first kappa shape index (κ1) is 15.8. The standard InChI is InChI=1S/C19H19N3O2/c23-19(15-22-13-6-11-21-22)20-12-14-24-18-10-5-4-9-17(18)16-7-2-1-3-8-16/h1-11,13H,12,14-15H2,(H,20,23). The van der Waals surface area contributed by atoms with Crippen molar-refractivity contribution >= 4 is 5.91 Å². The average molecular weight is 321 g/mol. The maximum Gasteiger partial charge on any atom is 0.241 e. The number of para-hydroxylation sites is 1. The van der Waals surface area contributed by atoms with Crippen LogP contribution in [0.15, 0.2) is 73.1 Å². The van der Waals surface area contributed by atoms with Crippen molar-refractivity contribution < 1.29 is 9.53 Å². The van der Waals surface area contributed by atoms with Gasteiger partial charge in [0.05, 0.1) is 6.54 Å². The topological polar surface area (TPSA) is 56.2 Å². The SMILES string of the molecule is O=C(Cn1cccn1)NCCOc1ccccc1-c1ccccc1. The van der Waals surface area contributed by atoms with Crippen LogP contribution in [0.25, 0.3) is 11.1 Å². The van der Waals surface area contributed by atoms with Gasteiger partial charge < -0.3 is 10.1 Å². The summed E-state index contributed by atoms with van der Waals surface area (Å²) in [6.07, 6.45) is 3.41. The molecule has 122 valence electrons. The Kier molecular flexibility index (Phi) is 5.24. The minimum Gasteiger partial charge on any atom is -0.491 e. The molecule has 0 bridgehead atoms. The van der Waals surface area contributed by atoms with Gasteiger partial charge >= 0.3 is 0 Å². The van der Waals surface area contributed by atoms with Gasteiger partial charge in [0, 0.05) is 18.0 Å². The largest absolute Gasteiger partial charge is 0.491 e. The molecule has 0 saturated heterocycles. The number of hydrogen-bond acceptors (Lipinski definition) is 3. The Balaban J connectivity index is 1.51. The van der Waals surface area contributed by atoms with Gasteiger partial charge in [-0.05, 0) is 17.7 Å². The van der Waals surface area contributed by atoms with Gasteiger partial charge in [-0.3, -0.25) is 9.48 Å². The van der Waals surface area contributed by atoms with E-state index in [1.54, 1.807) is 23.1 Å². The second-order valence-corrected chi connectivity index (χ2v) is 5.26. The van der Waals surface area contributed by atoms with Crippen molar-refractivity contribution in [3.8, 4) is 16.9 Å². The van der Waals surface area contributed by atoms with Gasteiger partial charge in [-0.25, -0.2) is 0 Å². The monoisotopic (exact) mass is 321 g/mol. The molecule has 0 saturated carbocycles. The van der Waals surface area contributed by atoms with Crippen molar-refractivity contribution in [2.45, 2.75) is 6.54 Å². The van der Waals surface area contributed by atoms with E-state index < -0.39 is 0 Å². The first-order valence-corrected chi connectivity index (χ1v) is 7.84. The third-order valence-corrected chi connectivity index (χ3v) is 3.52. The second kappa shape index (κ2) is 7.97. The summed E-state index contributed by atoms with van der Waals surface area (Å²) in [7, 11) is 0. The summed E-state index contributed by atoms with van der Waals surface area (Å²) in [6, 6.07) is 19.8. The normalized spacial score (nSPS) is 10.3. The lowest BCUT2D eigenvalue weighted by atomic mass is 10.1. The van der Waals surface area contributed by atoms with Crippen molar-refractivity contribution in [1.82, 2.24) is 15.1 Å². The highest BCUT2D eigenvalue weighted by atomic mass is 16.5. The Hall–Kier alpha value is -3.08. The molecule has 1 amide bonds. The molecule has 0 unspecified atom stereocenters. The molecule has 0 radical (unpaired) electrons. The van der Waals surface area contributed by atoms with E-state index in [0.29, 0.717) is 13.2 Å². The van der Waals surface area contributed by atoms with Crippen LogP contribution in [-0.4, -0.2) is 28.8 Å². The summed E-state index contributed by atoms with van der Waals surface area (Å²) in [4.78, 5) is 11.8. The summed E-state index contributed by atoms with van der Waals surface area (Å²) >= 11 is 0. The number of amides is 1. The van der Waals surface area contributed by atoms with Crippen molar-refractivity contribution in [3.05, 3.63) is 73.1 Å². The zero-order valence-electron chi connectivity index (χ0n) is 13.3. The van der Waals surface area contributed by atoms with Gasteiger partial charge in [0.25, 0.3) is 0 Å². The number of benzene rings is 2. The molecule has 1 heterocycles. The summed E-state index contributed by atoms with van der Waals surface area (Å²) in [6.45, 7) is 1.07. The number of rotatable bonds is 7. The first-order valence-electron chi connectivity index (χ1n) is 7.84. The van der Waals surface area contributed by atoms with E-state index in [4.69, 9.17) is 4.74 Å². The number of nitrogens with zero attached hydrogens (tertiary/aromatic N) is 2. The van der Waals surface area contributed by atoms with Crippen molar-refractivity contribution in [2.24, 2.45) is 0 Å². The maximum absolute atomic E-state index is 11.8. The Morgan fingerprint density at radius 1 is 1.04 bits per heavy atom. The molecule has 24 heavy (non-hydrogen) atoms. The van der Waals surface area contributed by atoms with Crippen molar-refractivity contribution in [1.29, 1.82) is 0 Å². The quantitative estimate of drug-likeness (QED) is 0.681. The minimum atomic E-state index is -0.0846. The fraction of sp³-hybridized carbons (Fsp3) is 0.158. The molecular weight excluding hydrogens is 302 g/mol. The highest BCUT2D eigenvalue weighted by molar-refractivity contribution is 5.75. The third kappa shape index (κ3) is 4.23. The average Bonchev–Trinajstić information content (AvgIpc) is 3.13. The highest BCUT2D eigenvalue weighted by Crippen LogP contribution is 2.29. The number of aromatic nitrogens is 2. The molecule has 3 aromatic rings. The lowest BCUT2D eigenvalue weighted by Gasteiger charge is -2.12. The molecule has 0 spiro atoms. The molecule has 3 rings (SSSR count). The minimum absolute atomic E-state index is 0.0846. The van der Waals surface area contributed by atoms with Gasteiger partial charge in [-0.15, -0.1) is 0 Å². The lowest BCUT2D eigenvalue weighted by Crippen LogP contribution is -2.31. The van der Waals surface area contributed by atoms with Crippen LogP contribution in [0.3, 0.4) is 0 Å². The van der Waals surface area contributed by atoms with Gasteiger partial charge in [0.15, 0.2) is 0 Å². The summed E-state index contributed by atoms with van der Waals surface area (Å²) < 4.78 is 7.42. The molecule has 1 N–H and O–H groups in total. The van der Waals surface area contributed by atoms with E-state index in [1.165, 1.54) is 0 Å². The number of nitrogens with one attached hydrogen (secondary N) is 1. The number of carbonyl (C=O) groups excluding carboxylic acids is 1. The number of hydrogen-bond donors (Lipinski definition) is 1. The smallest absolute Gasteiger partial charge is 0.241 e. The lowest BCUT2D eigenvalue weighted by molar-refractivity contribution is -0.121. The van der Waals surface area contributed by atoms with Gasteiger partial charge in [0.1, 0.15) is 18.9 Å². The molecule has 5 nitrogen and oxygen atoms in total. The van der Waals surface area contributed by atoms with E-state index in [-0.39, 0.29) is 12.5 Å². The number of carbonyl (C=O) groups is 1. The van der Waals surface area contributed by atoms with E-state index in [0.717, 1.165) is 16.9 Å². The van der Waals surface area contributed by atoms with E-state index >= 15 is 0 Å². The van der Waals surface area contributed by atoms with Gasteiger partial charge in [-0.2, -0.15) is 5.10 Å². The molecule has 0 fully saturated rings. The second-order valence-electron chi connectivity index (χ2n) is 5.26. The van der Waals surface area contributed by atoms with Crippen LogP contribution in [0.2, 0.25) is 0 Å². The predicted octanol–water partition coefficient (Wildman–Crippen LogP) is 2.75. The third-order valence-electron chi connectivity index (χ3n) is 3.52. The zero-order valence-corrected chi connectivity index (χ0v) is 13.3. The Morgan fingerprint density at radius 3 is 2.62 bits per heavy atom. The van der Waals surface area contributed by atoms with Crippen LogP contribution in [0.1, 0.15) is 0 Å². The van der Waals surface area contributed by atoms with E-state index in [2.05, 4.69) is 10.4 Å². The summed E-state index contributed by atoms with van der Waals surface area (Å²) in [5, 5.41) is 6.83. The van der Waals surface area contributed by atoms with Gasteiger partial charge in [0.2, 0.25) is 5.91 Å². The molecule has 5 heteroatoms. The first-order chi connectivity index (χ1) is 11.8. The van der Waals surface area contributed by atoms with Gasteiger partial charge in [-0.1, -0.05) is 48.5 Å². The fourth-order valence-electron chi connectivity index (χ4n) is 2.40. The Morgan fingerprint density at radius 2 is 1.83 bits per heavy atom. The molecule has 0 aliphatic carbocycles. The van der Waals surface area contributed by atoms with Crippen LogP contribution in [0.4, 0.5) is 0 Å². The molecule has 1 aromatic heterocycles. The Bertz CT molecular complexity index is 770. The van der Waals surface area contributed by atoms with Crippen LogP contribution in [0.5, 0.6) is 5.75 Å². The number of ether oxygens (including phenoxy) is 1. The summed E-state index contributed by atoms with van der Waals surface area (Å²) in [5.41, 5.74) is 2.15. The summed E-state index contributed by atoms with van der Waals surface area (Å²) in [5.74, 6) is 0.726. The molecule has 0 aliphatic heterocycles. The van der Waals surface area contributed by atoms with Crippen molar-refractivity contribution in [3.63, 3.8) is 0 Å². The van der Waals surface area contributed by atoms with Crippen LogP contribution in [0, 0.1) is 0 Å².